The van der Waals surface area contributed by atoms with Crippen LogP contribution in [0.4, 0.5) is 5.69 Å². The van der Waals surface area contributed by atoms with Crippen molar-refractivity contribution in [1.82, 2.24) is 5.32 Å². The van der Waals surface area contributed by atoms with Gasteiger partial charge in [-0.3, -0.25) is 0 Å². The minimum absolute atomic E-state index is 0.381. The van der Waals surface area contributed by atoms with E-state index in [1.807, 2.05) is 0 Å². The predicted octanol–water partition coefficient (Wildman–Crippen LogP) is 2.52. The highest BCUT2D eigenvalue weighted by molar-refractivity contribution is 5.51. The van der Waals surface area contributed by atoms with Gasteiger partial charge in [-0.2, -0.15) is 0 Å². The molecule has 1 aromatic carbocycles. The smallest absolute Gasteiger partial charge is 0.119 e. The third-order valence-corrected chi connectivity index (χ3v) is 4.72. The molecule has 3 aliphatic rings. The second kappa shape index (κ2) is 4.71. The van der Waals surface area contributed by atoms with Crippen LogP contribution in [0.3, 0.4) is 0 Å². The second-order valence-corrected chi connectivity index (χ2v) is 6.58. The summed E-state index contributed by atoms with van der Waals surface area (Å²) in [7, 11) is 1.72. The monoisotopic (exact) mass is 260 g/mol. The van der Waals surface area contributed by atoms with Crippen molar-refractivity contribution in [3.8, 4) is 5.75 Å². The fourth-order valence-corrected chi connectivity index (χ4v) is 3.78. The Morgan fingerprint density at radius 1 is 1.21 bits per heavy atom. The summed E-state index contributed by atoms with van der Waals surface area (Å²) in [4.78, 5) is 2.59. The third-order valence-electron chi connectivity index (χ3n) is 4.72. The highest BCUT2D eigenvalue weighted by Gasteiger charge is 2.43. The Labute approximate surface area is 115 Å². The first-order valence-corrected chi connectivity index (χ1v) is 7.21. The van der Waals surface area contributed by atoms with Crippen molar-refractivity contribution in [2.24, 2.45) is 11.3 Å². The molecule has 0 radical (unpaired) electrons. The van der Waals surface area contributed by atoms with Crippen LogP contribution in [0.1, 0.15) is 20.3 Å². The van der Waals surface area contributed by atoms with Gasteiger partial charge in [0.05, 0.1) is 7.11 Å². The molecule has 0 saturated carbocycles. The minimum atomic E-state index is 0.381. The molecule has 1 aromatic rings. The van der Waals surface area contributed by atoms with E-state index in [1.54, 1.807) is 7.11 Å². The van der Waals surface area contributed by atoms with Crippen LogP contribution in [-0.2, 0) is 0 Å². The van der Waals surface area contributed by atoms with Crippen LogP contribution >= 0.6 is 0 Å². The first-order chi connectivity index (χ1) is 9.10. The lowest BCUT2D eigenvalue weighted by atomic mass is 9.73. The number of piperidine rings is 1. The van der Waals surface area contributed by atoms with Gasteiger partial charge in [0.2, 0.25) is 0 Å². The Morgan fingerprint density at radius 2 is 1.95 bits per heavy atom. The maximum Gasteiger partial charge on any atom is 0.119 e. The molecule has 0 aromatic heterocycles. The molecule has 19 heavy (non-hydrogen) atoms. The summed E-state index contributed by atoms with van der Waals surface area (Å²) in [5.41, 5.74) is 1.71. The largest absolute Gasteiger partial charge is 0.497 e. The minimum Gasteiger partial charge on any atom is -0.497 e. The lowest BCUT2D eigenvalue weighted by Crippen LogP contribution is -2.53. The SMILES string of the molecule is COc1ccc(N2CC3CNC[C@@H]2C(C)(C)C3)cc1. The summed E-state index contributed by atoms with van der Waals surface area (Å²) in [6, 6.07) is 9.09. The highest BCUT2D eigenvalue weighted by Crippen LogP contribution is 2.41. The molecule has 104 valence electrons. The molecule has 2 bridgehead atoms. The molecule has 3 heteroatoms. The maximum absolute atomic E-state index is 5.25. The molecule has 3 saturated heterocycles. The number of benzene rings is 1. The van der Waals surface area contributed by atoms with Crippen molar-refractivity contribution in [2.75, 3.05) is 31.6 Å². The van der Waals surface area contributed by atoms with E-state index in [4.69, 9.17) is 4.74 Å². The Hall–Kier alpha value is -1.22. The van der Waals surface area contributed by atoms with Crippen molar-refractivity contribution in [2.45, 2.75) is 26.3 Å². The Bertz CT molecular complexity index is 441. The molecule has 3 nitrogen and oxygen atoms in total. The van der Waals surface area contributed by atoms with Gasteiger partial charge in [-0.05, 0) is 48.6 Å². The van der Waals surface area contributed by atoms with Crippen LogP contribution < -0.4 is 15.0 Å². The Balaban J connectivity index is 1.90. The summed E-state index contributed by atoms with van der Waals surface area (Å²) in [6.07, 6.45) is 1.33. The summed E-state index contributed by atoms with van der Waals surface area (Å²) >= 11 is 0. The number of hydrogen-bond acceptors (Lipinski definition) is 3. The number of anilines is 1. The van der Waals surface area contributed by atoms with Crippen molar-refractivity contribution < 1.29 is 4.74 Å². The average Bonchev–Trinajstić information content (AvgIpc) is 2.68. The summed E-state index contributed by atoms with van der Waals surface area (Å²) in [5, 5.41) is 3.62. The van der Waals surface area contributed by atoms with Crippen LogP contribution in [0, 0.1) is 11.3 Å². The maximum atomic E-state index is 5.25. The molecule has 3 aliphatic heterocycles. The van der Waals surface area contributed by atoms with E-state index < -0.39 is 0 Å². The normalized spacial score (nSPS) is 29.1. The van der Waals surface area contributed by atoms with E-state index in [0.717, 1.165) is 24.8 Å². The second-order valence-electron chi connectivity index (χ2n) is 6.58. The van der Waals surface area contributed by atoms with Crippen molar-refractivity contribution in [3.63, 3.8) is 0 Å². The van der Waals surface area contributed by atoms with E-state index in [-0.39, 0.29) is 0 Å². The predicted molar refractivity (Wildman–Crippen MR) is 78.9 cm³/mol. The van der Waals surface area contributed by atoms with Gasteiger partial charge in [0.15, 0.2) is 0 Å². The molecule has 1 unspecified atom stereocenters. The molecule has 0 amide bonds. The summed E-state index contributed by atoms with van der Waals surface area (Å²) in [5.74, 6) is 1.69. The van der Waals surface area contributed by atoms with Crippen molar-refractivity contribution in [1.29, 1.82) is 0 Å². The molecule has 4 rings (SSSR count). The molecule has 3 fully saturated rings. The van der Waals surface area contributed by atoms with Gasteiger partial charge in [0.1, 0.15) is 5.75 Å². The summed E-state index contributed by atoms with van der Waals surface area (Å²) in [6.45, 7) is 8.25. The Morgan fingerprint density at radius 3 is 2.63 bits per heavy atom. The number of methoxy groups -OCH3 is 1. The van der Waals surface area contributed by atoms with E-state index in [1.165, 1.54) is 18.7 Å². The molecular weight excluding hydrogens is 236 g/mol. The lowest BCUT2D eigenvalue weighted by Gasteiger charge is -2.48. The standard InChI is InChI=1S/C16H24N2O/c1-16(2)8-12-9-17-10-15(16)18(11-12)13-4-6-14(19-3)7-5-13/h4-7,12,15,17H,8-11H2,1-3H3/t12?,15-/m1/s1. The van der Waals surface area contributed by atoms with Gasteiger partial charge < -0.3 is 15.0 Å². The quantitative estimate of drug-likeness (QED) is 0.884. The molecule has 3 heterocycles. The Kier molecular flexibility index (Phi) is 3.17. The van der Waals surface area contributed by atoms with Crippen LogP contribution in [0.2, 0.25) is 0 Å². The van der Waals surface area contributed by atoms with E-state index in [0.29, 0.717) is 11.5 Å². The van der Waals surface area contributed by atoms with Gasteiger partial charge in [0.25, 0.3) is 0 Å². The van der Waals surface area contributed by atoms with E-state index in [2.05, 4.69) is 48.3 Å². The number of nitrogens with zero attached hydrogens (tertiary/aromatic N) is 1. The fraction of sp³-hybridized carbons (Fsp3) is 0.625. The summed E-state index contributed by atoms with van der Waals surface area (Å²) < 4.78 is 5.25. The molecule has 2 atom stereocenters. The number of nitrogens with one attached hydrogen (secondary N) is 1. The fourth-order valence-electron chi connectivity index (χ4n) is 3.78. The average molecular weight is 260 g/mol. The van der Waals surface area contributed by atoms with Crippen molar-refractivity contribution >= 4 is 5.69 Å². The van der Waals surface area contributed by atoms with Crippen LogP contribution in [0.25, 0.3) is 0 Å². The zero-order valence-corrected chi connectivity index (χ0v) is 12.1. The lowest BCUT2D eigenvalue weighted by molar-refractivity contribution is 0.192. The van der Waals surface area contributed by atoms with Crippen LogP contribution in [0.15, 0.2) is 24.3 Å². The molecule has 1 N–H and O–H groups in total. The zero-order valence-electron chi connectivity index (χ0n) is 12.1. The first kappa shape index (κ1) is 12.8. The number of rotatable bonds is 2. The zero-order chi connectivity index (χ0) is 13.5. The number of hydrogen-bond donors (Lipinski definition) is 1. The van der Waals surface area contributed by atoms with Crippen molar-refractivity contribution in [3.05, 3.63) is 24.3 Å². The van der Waals surface area contributed by atoms with Gasteiger partial charge in [-0.15, -0.1) is 0 Å². The molecule has 0 aliphatic carbocycles. The molecule has 0 spiro atoms. The topological polar surface area (TPSA) is 24.5 Å². The third kappa shape index (κ3) is 2.32. The first-order valence-electron chi connectivity index (χ1n) is 7.21. The number of ether oxygens (including phenoxy) is 1. The van der Waals surface area contributed by atoms with Crippen LogP contribution in [-0.4, -0.2) is 32.8 Å². The van der Waals surface area contributed by atoms with Crippen LogP contribution in [0.5, 0.6) is 5.75 Å². The van der Waals surface area contributed by atoms with Gasteiger partial charge in [0, 0.05) is 24.8 Å². The van der Waals surface area contributed by atoms with Gasteiger partial charge in [-0.25, -0.2) is 0 Å². The van der Waals surface area contributed by atoms with Gasteiger partial charge >= 0.3 is 0 Å². The highest BCUT2D eigenvalue weighted by atomic mass is 16.5. The van der Waals surface area contributed by atoms with Gasteiger partial charge in [-0.1, -0.05) is 13.8 Å². The van der Waals surface area contributed by atoms with E-state index in [9.17, 15) is 0 Å². The van der Waals surface area contributed by atoms with E-state index >= 15 is 0 Å². The number of fused-ring (bicyclic) bond motifs is 4. The molecular formula is C16H24N2O.